The molecule has 0 radical (unpaired) electrons. The molecule has 1 aromatic heterocycles. The van der Waals surface area contributed by atoms with Gasteiger partial charge in [0.25, 0.3) is 5.91 Å². The van der Waals surface area contributed by atoms with Crippen LogP contribution in [0.3, 0.4) is 0 Å². The Balaban J connectivity index is 2.53. The smallest absolute Gasteiger partial charge is 0.252 e. The average Bonchev–Trinajstić information content (AvgIpc) is 2.45. The molecule has 0 fully saturated rings. The average molecular weight is 263 g/mol. The van der Waals surface area contributed by atoms with Crippen LogP contribution >= 0.6 is 0 Å². The van der Waals surface area contributed by atoms with Crippen molar-refractivity contribution < 1.29 is 4.79 Å². The fourth-order valence-corrected chi connectivity index (χ4v) is 1.74. The predicted octanol–water partition coefficient (Wildman–Crippen LogP) is 2.85. The number of aromatic nitrogens is 1. The summed E-state index contributed by atoms with van der Waals surface area (Å²) in [6, 6.07) is 3.75. The number of hydrogen-bond acceptors (Lipinski definition) is 3. The van der Waals surface area contributed by atoms with Gasteiger partial charge < -0.3 is 10.2 Å². The van der Waals surface area contributed by atoms with Crippen LogP contribution in [-0.4, -0.2) is 31.0 Å². The fraction of sp³-hybridized carbons (Fsp3) is 0.600. The molecule has 0 aliphatic carbocycles. The summed E-state index contributed by atoms with van der Waals surface area (Å²) >= 11 is 0. The van der Waals surface area contributed by atoms with Crippen LogP contribution in [-0.2, 0) is 0 Å². The van der Waals surface area contributed by atoms with Crippen LogP contribution in [0.25, 0.3) is 0 Å². The summed E-state index contributed by atoms with van der Waals surface area (Å²) in [5.41, 5.74) is 0.628. The Morgan fingerprint density at radius 1 is 1.26 bits per heavy atom. The Kier molecular flexibility index (Phi) is 6.93. The molecule has 0 unspecified atom stereocenters. The fourth-order valence-electron chi connectivity index (χ4n) is 1.74. The van der Waals surface area contributed by atoms with Gasteiger partial charge in [0, 0.05) is 26.3 Å². The van der Waals surface area contributed by atoms with E-state index in [1.54, 1.807) is 6.20 Å². The summed E-state index contributed by atoms with van der Waals surface area (Å²) in [4.78, 5) is 18.3. The summed E-state index contributed by atoms with van der Waals surface area (Å²) < 4.78 is 0. The van der Waals surface area contributed by atoms with Gasteiger partial charge in [-0.2, -0.15) is 0 Å². The summed E-state index contributed by atoms with van der Waals surface area (Å²) in [5.74, 6) is 0.877. The minimum Gasteiger partial charge on any atom is -0.360 e. The van der Waals surface area contributed by atoms with E-state index in [4.69, 9.17) is 0 Å². The van der Waals surface area contributed by atoms with Gasteiger partial charge in [0.15, 0.2) is 0 Å². The third-order valence-corrected chi connectivity index (χ3v) is 3.06. The molecule has 0 aliphatic rings. The van der Waals surface area contributed by atoms with Crippen LogP contribution in [0.4, 0.5) is 5.82 Å². The minimum absolute atomic E-state index is 0.0382. The third-order valence-electron chi connectivity index (χ3n) is 3.06. The number of anilines is 1. The van der Waals surface area contributed by atoms with Gasteiger partial charge >= 0.3 is 0 Å². The number of nitrogens with zero attached hydrogens (tertiary/aromatic N) is 2. The first-order valence-electron chi connectivity index (χ1n) is 7.14. The second-order valence-corrected chi connectivity index (χ2v) is 4.79. The van der Waals surface area contributed by atoms with Gasteiger partial charge in [0.1, 0.15) is 5.82 Å². The zero-order chi connectivity index (χ0) is 14.1. The Morgan fingerprint density at radius 2 is 2.00 bits per heavy atom. The maximum atomic E-state index is 11.8. The molecule has 1 rings (SSSR count). The SMILES string of the molecule is CCCCNC(=O)c1ccc(N(C)CCCC)nc1. The van der Waals surface area contributed by atoms with E-state index in [1.807, 2.05) is 19.2 Å². The van der Waals surface area contributed by atoms with Crippen molar-refractivity contribution in [1.29, 1.82) is 0 Å². The molecular formula is C15H25N3O. The van der Waals surface area contributed by atoms with Crippen molar-refractivity contribution in [2.45, 2.75) is 39.5 Å². The lowest BCUT2D eigenvalue weighted by Gasteiger charge is -2.17. The van der Waals surface area contributed by atoms with Crippen molar-refractivity contribution in [2.75, 3.05) is 25.0 Å². The Morgan fingerprint density at radius 3 is 2.58 bits per heavy atom. The third kappa shape index (κ3) is 5.28. The zero-order valence-corrected chi connectivity index (χ0v) is 12.3. The highest BCUT2D eigenvalue weighted by atomic mass is 16.1. The number of nitrogens with one attached hydrogen (secondary N) is 1. The zero-order valence-electron chi connectivity index (χ0n) is 12.3. The van der Waals surface area contributed by atoms with Gasteiger partial charge in [-0.25, -0.2) is 4.98 Å². The van der Waals surface area contributed by atoms with Crippen LogP contribution in [0, 0.1) is 0 Å². The number of unbranched alkanes of at least 4 members (excludes halogenated alkanes) is 2. The van der Waals surface area contributed by atoms with E-state index in [0.717, 1.165) is 38.2 Å². The first kappa shape index (κ1) is 15.5. The van der Waals surface area contributed by atoms with Crippen LogP contribution < -0.4 is 10.2 Å². The van der Waals surface area contributed by atoms with E-state index >= 15 is 0 Å². The number of pyridine rings is 1. The van der Waals surface area contributed by atoms with E-state index in [9.17, 15) is 4.79 Å². The molecular weight excluding hydrogens is 238 g/mol. The topological polar surface area (TPSA) is 45.2 Å². The van der Waals surface area contributed by atoms with Crippen molar-refractivity contribution in [3.63, 3.8) is 0 Å². The monoisotopic (exact) mass is 263 g/mol. The molecule has 19 heavy (non-hydrogen) atoms. The molecule has 0 aliphatic heterocycles. The largest absolute Gasteiger partial charge is 0.360 e. The number of amides is 1. The Labute approximate surface area is 116 Å². The summed E-state index contributed by atoms with van der Waals surface area (Å²) in [7, 11) is 2.03. The van der Waals surface area contributed by atoms with Crippen molar-refractivity contribution in [3.8, 4) is 0 Å². The molecule has 1 aromatic rings. The summed E-state index contributed by atoms with van der Waals surface area (Å²) in [6.07, 6.45) is 6.06. The molecule has 1 heterocycles. The molecule has 0 atom stereocenters. The van der Waals surface area contributed by atoms with Crippen molar-refractivity contribution in [3.05, 3.63) is 23.9 Å². The highest BCUT2D eigenvalue weighted by Gasteiger charge is 2.07. The number of hydrogen-bond donors (Lipinski definition) is 1. The summed E-state index contributed by atoms with van der Waals surface area (Å²) in [6.45, 7) is 6.00. The van der Waals surface area contributed by atoms with Crippen molar-refractivity contribution in [2.24, 2.45) is 0 Å². The molecule has 4 nitrogen and oxygen atoms in total. The number of carbonyl (C=O) groups excluding carboxylic acids is 1. The van der Waals surface area contributed by atoms with Crippen LogP contribution in [0.5, 0.6) is 0 Å². The van der Waals surface area contributed by atoms with Crippen LogP contribution in [0.2, 0.25) is 0 Å². The normalized spacial score (nSPS) is 10.3. The highest BCUT2D eigenvalue weighted by molar-refractivity contribution is 5.94. The van der Waals surface area contributed by atoms with Crippen molar-refractivity contribution >= 4 is 11.7 Å². The molecule has 1 amide bonds. The lowest BCUT2D eigenvalue weighted by Crippen LogP contribution is -2.25. The number of rotatable bonds is 8. The minimum atomic E-state index is -0.0382. The maximum absolute atomic E-state index is 11.8. The molecule has 0 saturated heterocycles. The Bertz CT molecular complexity index is 375. The van der Waals surface area contributed by atoms with E-state index in [-0.39, 0.29) is 5.91 Å². The predicted molar refractivity (Wildman–Crippen MR) is 79.7 cm³/mol. The molecule has 0 aromatic carbocycles. The highest BCUT2D eigenvalue weighted by Crippen LogP contribution is 2.10. The molecule has 4 heteroatoms. The quantitative estimate of drug-likeness (QED) is 0.734. The lowest BCUT2D eigenvalue weighted by atomic mass is 10.2. The first-order chi connectivity index (χ1) is 9.19. The molecule has 106 valence electrons. The second kappa shape index (κ2) is 8.51. The lowest BCUT2D eigenvalue weighted by molar-refractivity contribution is 0.0953. The van der Waals surface area contributed by atoms with Gasteiger partial charge in [0.2, 0.25) is 0 Å². The van der Waals surface area contributed by atoms with Crippen LogP contribution in [0.15, 0.2) is 18.3 Å². The van der Waals surface area contributed by atoms with E-state index in [1.165, 1.54) is 6.42 Å². The molecule has 1 N–H and O–H groups in total. The van der Waals surface area contributed by atoms with Crippen molar-refractivity contribution in [1.82, 2.24) is 10.3 Å². The van der Waals surface area contributed by atoms with Gasteiger partial charge in [-0.1, -0.05) is 26.7 Å². The standard InChI is InChI=1S/C15H25N3O/c1-4-6-10-16-15(19)13-8-9-14(17-12-13)18(3)11-7-5-2/h8-9,12H,4-7,10-11H2,1-3H3,(H,16,19). The molecule has 0 bridgehead atoms. The van der Waals surface area contributed by atoms with Crippen LogP contribution in [0.1, 0.15) is 49.9 Å². The van der Waals surface area contributed by atoms with Gasteiger partial charge in [-0.3, -0.25) is 4.79 Å². The second-order valence-electron chi connectivity index (χ2n) is 4.79. The van der Waals surface area contributed by atoms with Gasteiger partial charge in [0.05, 0.1) is 5.56 Å². The van der Waals surface area contributed by atoms with Gasteiger partial charge in [-0.15, -0.1) is 0 Å². The summed E-state index contributed by atoms with van der Waals surface area (Å²) in [5, 5.41) is 2.89. The maximum Gasteiger partial charge on any atom is 0.252 e. The molecule has 0 saturated carbocycles. The number of carbonyl (C=O) groups is 1. The van der Waals surface area contributed by atoms with Gasteiger partial charge in [-0.05, 0) is 25.0 Å². The van der Waals surface area contributed by atoms with E-state index in [2.05, 4.69) is 29.0 Å². The molecule has 0 spiro atoms. The van der Waals surface area contributed by atoms with E-state index < -0.39 is 0 Å². The first-order valence-corrected chi connectivity index (χ1v) is 7.14. The van der Waals surface area contributed by atoms with E-state index in [0.29, 0.717) is 5.56 Å². The Hall–Kier alpha value is -1.58.